The zero-order valence-corrected chi connectivity index (χ0v) is 16.1. The van der Waals surface area contributed by atoms with E-state index in [1.807, 2.05) is 35.7 Å². The molecule has 2 aliphatic rings. The molecule has 2 aromatic carbocycles. The summed E-state index contributed by atoms with van der Waals surface area (Å²) in [6.07, 6.45) is 4.59. The number of cyclic esters (lactones) is 1. The highest BCUT2D eigenvalue weighted by molar-refractivity contribution is 8.16. The van der Waals surface area contributed by atoms with Crippen LogP contribution in [0.1, 0.15) is 27.7 Å². The number of phenolic OH excluding ortho intramolecular Hbond substituents is 2. The molecule has 2 heterocycles. The highest BCUT2D eigenvalue weighted by atomic mass is 32.2. The lowest BCUT2D eigenvalue weighted by Crippen LogP contribution is -2.00. The summed E-state index contributed by atoms with van der Waals surface area (Å²) in [5.41, 5.74) is 3.15. The third-order valence-corrected chi connectivity index (χ3v) is 7.36. The number of thioether (sulfide) groups is 2. The fourth-order valence-electron chi connectivity index (χ4n) is 2.93. The van der Waals surface area contributed by atoms with Crippen LogP contribution in [0, 0.1) is 0 Å². The topological polar surface area (TPSA) is 66.8 Å². The van der Waals surface area contributed by atoms with Gasteiger partial charge in [-0.25, -0.2) is 4.79 Å². The predicted octanol–water partition coefficient (Wildman–Crippen LogP) is 4.95. The van der Waals surface area contributed by atoms with Crippen LogP contribution in [0.2, 0.25) is 0 Å². The van der Waals surface area contributed by atoms with Gasteiger partial charge in [-0.3, -0.25) is 0 Å². The van der Waals surface area contributed by atoms with Gasteiger partial charge in [0.05, 0.1) is 10.2 Å². The minimum Gasteiger partial charge on any atom is -0.504 e. The van der Waals surface area contributed by atoms with E-state index in [4.69, 9.17) is 4.74 Å². The van der Waals surface area contributed by atoms with Crippen molar-refractivity contribution in [3.05, 3.63) is 70.8 Å². The number of hydrogen-bond acceptors (Lipinski definition) is 6. The molecule has 4 nitrogen and oxygen atoms in total. The van der Waals surface area contributed by atoms with Crippen molar-refractivity contribution in [2.24, 2.45) is 0 Å². The third kappa shape index (κ3) is 4.01. The molecule has 27 heavy (non-hydrogen) atoms. The summed E-state index contributed by atoms with van der Waals surface area (Å²) in [7, 11) is 0. The number of ether oxygens (including phenoxy) is 1. The van der Waals surface area contributed by atoms with Crippen molar-refractivity contribution >= 4 is 41.3 Å². The summed E-state index contributed by atoms with van der Waals surface area (Å²) in [6, 6.07) is 12.6. The summed E-state index contributed by atoms with van der Waals surface area (Å²) in [4.78, 5) is 12.2. The van der Waals surface area contributed by atoms with Crippen LogP contribution in [0.3, 0.4) is 0 Å². The van der Waals surface area contributed by atoms with Gasteiger partial charge in [-0.2, -0.15) is 0 Å². The molecular weight excluding hydrogens is 380 g/mol. The van der Waals surface area contributed by atoms with E-state index in [1.54, 1.807) is 18.2 Å². The molecule has 2 aliphatic heterocycles. The van der Waals surface area contributed by atoms with Crippen LogP contribution in [0.5, 0.6) is 11.5 Å². The van der Waals surface area contributed by atoms with Gasteiger partial charge in [0, 0.05) is 5.56 Å². The number of phenols is 2. The second-order valence-corrected chi connectivity index (χ2v) is 9.02. The maximum Gasteiger partial charge on any atom is 0.343 e. The minimum absolute atomic E-state index is 0.197. The maximum absolute atomic E-state index is 12.2. The minimum atomic E-state index is -0.431. The molecule has 2 N–H and O–H groups in total. The van der Waals surface area contributed by atoms with Crippen LogP contribution in [-0.4, -0.2) is 27.7 Å². The first-order chi connectivity index (χ1) is 13.1. The summed E-state index contributed by atoms with van der Waals surface area (Å²) in [6.45, 7) is 0. The van der Waals surface area contributed by atoms with Crippen molar-refractivity contribution in [2.45, 2.75) is 11.0 Å². The number of rotatable bonds is 3. The third-order valence-electron chi connectivity index (χ3n) is 4.34. The van der Waals surface area contributed by atoms with E-state index in [2.05, 4.69) is 12.1 Å². The lowest BCUT2D eigenvalue weighted by molar-refractivity contribution is -0.130. The Hall–Kier alpha value is -2.31. The van der Waals surface area contributed by atoms with Gasteiger partial charge in [-0.1, -0.05) is 30.3 Å². The second-order valence-electron chi connectivity index (χ2n) is 6.30. The summed E-state index contributed by atoms with van der Waals surface area (Å²) >= 11 is 3.95. The van der Waals surface area contributed by atoms with Gasteiger partial charge in [-0.05, 0) is 53.3 Å². The van der Waals surface area contributed by atoms with E-state index in [0.717, 1.165) is 5.56 Å². The van der Waals surface area contributed by atoms with Crippen LogP contribution in [0.25, 0.3) is 11.8 Å². The first-order valence-corrected chi connectivity index (χ1v) is 10.7. The smallest absolute Gasteiger partial charge is 0.343 e. The fourth-order valence-corrected chi connectivity index (χ4v) is 5.82. The van der Waals surface area contributed by atoms with Crippen LogP contribution >= 0.6 is 23.5 Å². The highest BCUT2D eigenvalue weighted by Gasteiger charge is 2.23. The molecule has 0 aliphatic carbocycles. The van der Waals surface area contributed by atoms with Crippen molar-refractivity contribution in [3.8, 4) is 11.5 Å². The molecule has 0 unspecified atom stereocenters. The van der Waals surface area contributed by atoms with Crippen LogP contribution in [-0.2, 0) is 9.53 Å². The molecule has 0 amide bonds. The lowest BCUT2D eigenvalue weighted by Gasteiger charge is -2.21. The van der Waals surface area contributed by atoms with Crippen LogP contribution in [0.4, 0.5) is 0 Å². The normalized spacial score (nSPS) is 19.2. The summed E-state index contributed by atoms with van der Waals surface area (Å²) in [5.74, 6) is 2.06. The molecule has 0 spiro atoms. The van der Waals surface area contributed by atoms with Gasteiger partial charge in [0.2, 0.25) is 0 Å². The molecule has 1 fully saturated rings. The van der Waals surface area contributed by atoms with E-state index in [0.29, 0.717) is 21.5 Å². The average Bonchev–Trinajstić information content (AvgIpc) is 3.06. The second kappa shape index (κ2) is 7.74. The summed E-state index contributed by atoms with van der Waals surface area (Å²) < 4.78 is 5.88. The van der Waals surface area contributed by atoms with E-state index in [1.165, 1.54) is 35.6 Å². The number of aromatic hydroxyl groups is 2. The van der Waals surface area contributed by atoms with Crippen LogP contribution < -0.4 is 0 Å². The molecule has 2 aromatic rings. The largest absolute Gasteiger partial charge is 0.504 e. The van der Waals surface area contributed by atoms with Crippen molar-refractivity contribution < 1.29 is 19.7 Å². The van der Waals surface area contributed by atoms with E-state index in [9.17, 15) is 15.0 Å². The first-order valence-electron chi connectivity index (χ1n) is 8.61. The number of benzene rings is 2. The van der Waals surface area contributed by atoms with Crippen molar-refractivity contribution in [2.75, 3.05) is 11.5 Å². The van der Waals surface area contributed by atoms with Crippen molar-refractivity contribution in [3.63, 3.8) is 0 Å². The predicted molar refractivity (Wildman–Crippen MR) is 111 cm³/mol. The molecule has 4 rings (SSSR count). The Morgan fingerprint density at radius 2 is 1.74 bits per heavy atom. The van der Waals surface area contributed by atoms with Gasteiger partial charge in [0.15, 0.2) is 11.5 Å². The molecule has 138 valence electrons. The van der Waals surface area contributed by atoms with E-state index < -0.39 is 5.97 Å². The Morgan fingerprint density at radius 3 is 2.44 bits per heavy atom. The van der Waals surface area contributed by atoms with Gasteiger partial charge in [0.1, 0.15) is 5.76 Å². The Balaban J connectivity index is 1.55. The fraction of sp³-hybridized carbons (Fsp3) is 0.190. The molecule has 0 aromatic heterocycles. The quantitative estimate of drug-likeness (QED) is 0.433. The molecule has 0 radical (unpaired) electrons. The zero-order valence-electron chi connectivity index (χ0n) is 14.4. The lowest BCUT2D eigenvalue weighted by atomic mass is 10.1. The molecule has 6 heteroatoms. The highest BCUT2D eigenvalue weighted by Crippen LogP contribution is 2.43. The van der Waals surface area contributed by atoms with Crippen molar-refractivity contribution in [1.29, 1.82) is 0 Å². The zero-order chi connectivity index (χ0) is 18.8. The van der Waals surface area contributed by atoms with Gasteiger partial charge in [0.25, 0.3) is 0 Å². The molecule has 0 atom stereocenters. The number of esters is 1. The maximum atomic E-state index is 12.2. The Morgan fingerprint density at radius 1 is 1.00 bits per heavy atom. The standard InChI is InChI=1S/C21H18O4S2/c22-17-7-2-13(11-18(17)23)10-16-12-19(25-20(16)24)14-3-5-15(6-4-14)21-26-8-1-9-27-21/h2-7,10-12,21-23H,1,8-9H2/b16-10+. The Labute approximate surface area is 165 Å². The van der Waals surface area contributed by atoms with E-state index >= 15 is 0 Å². The van der Waals surface area contributed by atoms with Gasteiger partial charge < -0.3 is 14.9 Å². The van der Waals surface area contributed by atoms with Crippen LogP contribution in [0.15, 0.2) is 54.1 Å². The van der Waals surface area contributed by atoms with Gasteiger partial charge in [-0.15, -0.1) is 23.5 Å². The SMILES string of the molecule is O=C1OC(c2ccc(C3SCCCS3)cc2)=C/C1=C\c1ccc(O)c(O)c1. The molecule has 0 bridgehead atoms. The monoisotopic (exact) mass is 398 g/mol. The number of carbonyl (C=O) groups is 1. The Kier molecular flexibility index (Phi) is 5.18. The average molecular weight is 399 g/mol. The Bertz CT molecular complexity index is 926. The van der Waals surface area contributed by atoms with Gasteiger partial charge >= 0.3 is 5.97 Å². The number of carbonyl (C=O) groups excluding carboxylic acids is 1. The van der Waals surface area contributed by atoms with Crippen molar-refractivity contribution in [1.82, 2.24) is 0 Å². The van der Waals surface area contributed by atoms with E-state index in [-0.39, 0.29) is 11.5 Å². The number of hydrogen-bond donors (Lipinski definition) is 2. The first kappa shape index (κ1) is 18.1. The molecular formula is C21H18O4S2. The summed E-state index contributed by atoms with van der Waals surface area (Å²) in [5, 5.41) is 19.0. The molecule has 0 saturated carbocycles. The molecule has 1 saturated heterocycles.